The first-order chi connectivity index (χ1) is 8.15. The molecule has 1 rings (SSSR count). The summed E-state index contributed by atoms with van der Waals surface area (Å²) in [5.41, 5.74) is 5.79. The molecule has 18 heavy (non-hydrogen) atoms. The second-order valence-corrected chi connectivity index (χ2v) is 5.90. The molecule has 0 unspecified atom stereocenters. The Labute approximate surface area is 104 Å². The number of sulfone groups is 1. The van der Waals surface area contributed by atoms with Gasteiger partial charge >= 0.3 is 0 Å². The number of halogens is 2. The summed E-state index contributed by atoms with van der Waals surface area (Å²) in [7, 11) is -3.39. The van der Waals surface area contributed by atoms with Crippen LogP contribution in [0.2, 0.25) is 0 Å². The van der Waals surface area contributed by atoms with Crippen molar-refractivity contribution in [3.05, 3.63) is 18.2 Å². The van der Waals surface area contributed by atoms with Crippen molar-refractivity contribution in [2.24, 2.45) is 0 Å². The lowest BCUT2D eigenvalue weighted by Gasteiger charge is -2.16. The Kier molecular flexibility index (Phi) is 4.12. The minimum absolute atomic E-state index is 0.0134. The van der Waals surface area contributed by atoms with E-state index in [9.17, 15) is 17.2 Å². The van der Waals surface area contributed by atoms with Gasteiger partial charge in [-0.05, 0) is 18.2 Å². The second kappa shape index (κ2) is 5.07. The average Bonchev–Trinajstić information content (AvgIpc) is 2.26. The van der Waals surface area contributed by atoms with Crippen molar-refractivity contribution in [2.75, 3.05) is 30.5 Å². The summed E-state index contributed by atoms with van der Waals surface area (Å²) in [6.07, 6.45) is 1.02. The predicted octanol–water partition coefficient (Wildman–Crippen LogP) is 0.712. The van der Waals surface area contributed by atoms with E-state index in [-0.39, 0.29) is 16.3 Å². The summed E-state index contributed by atoms with van der Waals surface area (Å²) < 4.78 is 48.0. The van der Waals surface area contributed by atoms with Crippen LogP contribution in [0.15, 0.2) is 23.1 Å². The first-order valence-corrected chi connectivity index (χ1v) is 6.87. The third kappa shape index (κ3) is 3.81. The molecule has 0 saturated heterocycles. The van der Waals surface area contributed by atoms with Gasteiger partial charge in [0.15, 0.2) is 9.84 Å². The van der Waals surface area contributed by atoms with Crippen molar-refractivity contribution in [3.8, 4) is 0 Å². The zero-order valence-corrected chi connectivity index (χ0v) is 10.5. The molecular weight excluding hydrogens is 266 g/mol. The van der Waals surface area contributed by atoms with Gasteiger partial charge in [0.1, 0.15) is 6.61 Å². The number of benzene rings is 1. The zero-order chi connectivity index (χ0) is 14.0. The first kappa shape index (κ1) is 14.7. The smallest absolute Gasteiger partial charge is 0.287 e. The zero-order valence-electron chi connectivity index (χ0n) is 9.65. The van der Waals surface area contributed by atoms with Crippen LogP contribution >= 0.6 is 0 Å². The van der Waals surface area contributed by atoms with Crippen LogP contribution < -0.4 is 11.1 Å². The third-order valence-electron chi connectivity index (χ3n) is 2.22. The number of rotatable bonds is 5. The fraction of sp³-hybridized carbons (Fsp3) is 0.400. The summed E-state index contributed by atoms with van der Waals surface area (Å²) in [5, 5.41) is 10.7. The molecule has 4 N–H and O–H groups in total. The van der Waals surface area contributed by atoms with Gasteiger partial charge in [-0.3, -0.25) is 0 Å². The molecule has 102 valence electrons. The Bertz CT molecular complexity index is 532. The highest BCUT2D eigenvalue weighted by Gasteiger charge is 2.27. The van der Waals surface area contributed by atoms with Crippen LogP contribution in [0.25, 0.3) is 0 Å². The molecule has 0 heterocycles. The molecule has 0 amide bonds. The molecule has 0 fully saturated rings. The van der Waals surface area contributed by atoms with Gasteiger partial charge in [0.25, 0.3) is 5.92 Å². The molecule has 0 bridgehead atoms. The average molecular weight is 280 g/mol. The molecular formula is C10H14F2N2O3S. The van der Waals surface area contributed by atoms with Gasteiger partial charge in [-0.25, -0.2) is 17.2 Å². The van der Waals surface area contributed by atoms with E-state index in [0.29, 0.717) is 0 Å². The van der Waals surface area contributed by atoms with E-state index >= 15 is 0 Å². The predicted molar refractivity (Wildman–Crippen MR) is 64.5 cm³/mol. The minimum Gasteiger partial charge on any atom is -0.397 e. The molecule has 0 atom stereocenters. The number of nitrogen functional groups attached to an aromatic ring is 1. The molecule has 0 aliphatic heterocycles. The topological polar surface area (TPSA) is 92.4 Å². The van der Waals surface area contributed by atoms with Crippen LogP contribution in [-0.4, -0.2) is 38.9 Å². The molecule has 0 aliphatic rings. The van der Waals surface area contributed by atoms with Crippen molar-refractivity contribution in [3.63, 3.8) is 0 Å². The molecule has 0 aliphatic carbocycles. The standard InChI is InChI=1S/C10H14F2N2O3S/c1-18(16,17)7-2-3-9(8(13)4-7)14-5-10(11,12)6-15/h2-4,14-15H,5-6,13H2,1H3. The van der Waals surface area contributed by atoms with Crippen LogP contribution in [0.5, 0.6) is 0 Å². The van der Waals surface area contributed by atoms with Crippen LogP contribution in [0.1, 0.15) is 0 Å². The van der Waals surface area contributed by atoms with Gasteiger partial charge < -0.3 is 16.2 Å². The number of aliphatic hydroxyl groups excluding tert-OH is 1. The monoisotopic (exact) mass is 280 g/mol. The Morgan fingerprint density at radius 2 is 2.06 bits per heavy atom. The second-order valence-electron chi connectivity index (χ2n) is 3.89. The minimum atomic E-state index is -3.39. The van der Waals surface area contributed by atoms with Crippen LogP contribution in [0.4, 0.5) is 20.2 Å². The first-order valence-electron chi connectivity index (χ1n) is 4.98. The van der Waals surface area contributed by atoms with E-state index in [2.05, 4.69) is 5.32 Å². The highest BCUT2D eigenvalue weighted by atomic mass is 32.2. The highest BCUT2D eigenvalue weighted by Crippen LogP contribution is 2.24. The lowest BCUT2D eigenvalue weighted by Crippen LogP contribution is -2.31. The highest BCUT2D eigenvalue weighted by molar-refractivity contribution is 7.90. The molecule has 0 saturated carbocycles. The number of nitrogens with two attached hydrogens (primary N) is 1. The number of aliphatic hydroxyl groups is 1. The Hall–Kier alpha value is -1.41. The van der Waals surface area contributed by atoms with Crippen molar-refractivity contribution in [1.29, 1.82) is 0 Å². The van der Waals surface area contributed by atoms with Gasteiger partial charge in [0.05, 0.1) is 22.8 Å². The van der Waals surface area contributed by atoms with Crippen molar-refractivity contribution < 1.29 is 22.3 Å². The Morgan fingerprint density at radius 1 is 1.44 bits per heavy atom. The van der Waals surface area contributed by atoms with E-state index < -0.39 is 28.9 Å². The third-order valence-corrected chi connectivity index (χ3v) is 3.33. The van der Waals surface area contributed by atoms with E-state index in [1.165, 1.54) is 18.2 Å². The molecule has 0 radical (unpaired) electrons. The molecule has 0 spiro atoms. The van der Waals surface area contributed by atoms with Gasteiger partial charge in [-0.1, -0.05) is 0 Å². The maximum atomic E-state index is 12.8. The van der Waals surface area contributed by atoms with Crippen LogP contribution in [0.3, 0.4) is 0 Å². The maximum absolute atomic E-state index is 12.8. The van der Waals surface area contributed by atoms with Crippen molar-refractivity contribution in [1.82, 2.24) is 0 Å². The van der Waals surface area contributed by atoms with Crippen molar-refractivity contribution >= 4 is 21.2 Å². The lowest BCUT2D eigenvalue weighted by molar-refractivity contribution is -0.0372. The van der Waals surface area contributed by atoms with Crippen LogP contribution in [-0.2, 0) is 9.84 Å². The molecule has 1 aromatic carbocycles. The van der Waals surface area contributed by atoms with Crippen molar-refractivity contribution in [2.45, 2.75) is 10.8 Å². The van der Waals surface area contributed by atoms with Gasteiger partial charge in [-0.15, -0.1) is 0 Å². The summed E-state index contributed by atoms with van der Waals surface area (Å²) in [4.78, 5) is 0.0134. The normalized spacial score (nSPS) is 12.4. The Morgan fingerprint density at radius 3 is 2.50 bits per heavy atom. The quantitative estimate of drug-likeness (QED) is 0.691. The molecule has 5 nitrogen and oxygen atoms in total. The van der Waals surface area contributed by atoms with Gasteiger partial charge in [-0.2, -0.15) is 0 Å². The SMILES string of the molecule is CS(=O)(=O)c1ccc(NCC(F)(F)CO)c(N)c1. The van der Waals surface area contributed by atoms with Gasteiger partial charge in [0, 0.05) is 6.26 Å². The summed E-state index contributed by atoms with van der Waals surface area (Å²) in [5.74, 6) is -3.26. The molecule has 1 aromatic rings. The van der Waals surface area contributed by atoms with Gasteiger partial charge in [0.2, 0.25) is 0 Å². The lowest BCUT2D eigenvalue weighted by atomic mass is 10.2. The summed E-state index contributed by atoms with van der Waals surface area (Å²) >= 11 is 0. The number of hydrogen-bond acceptors (Lipinski definition) is 5. The maximum Gasteiger partial charge on any atom is 0.287 e. The number of nitrogens with one attached hydrogen (secondary N) is 1. The molecule has 0 aromatic heterocycles. The van der Waals surface area contributed by atoms with E-state index in [1.54, 1.807) is 0 Å². The number of hydrogen-bond donors (Lipinski definition) is 3. The largest absolute Gasteiger partial charge is 0.397 e. The fourth-order valence-electron chi connectivity index (χ4n) is 1.21. The van der Waals surface area contributed by atoms with E-state index in [4.69, 9.17) is 10.8 Å². The molecule has 8 heteroatoms. The van der Waals surface area contributed by atoms with Crippen LogP contribution in [0, 0.1) is 0 Å². The fourth-order valence-corrected chi connectivity index (χ4v) is 1.87. The summed E-state index contributed by atoms with van der Waals surface area (Å²) in [6, 6.07) is 3.76. The van der Waals surface area contributed by atoms with E-state index in [0.717, 1.165) is 6.26 Å². The summed E-state index contributed by atoms with van der Waals surface area (Å²) in [6.45, 7) is -2.06. The number of alkyl halides is 2. The van der Waals surface area contributed by atoms with E-state index in [1.807, 2.05) is 0 Å². The number of anilines is 2. The Balaban J connectivity index is 2.88.